The number of aromatic nitrogens is 3. The maximum absolute atomic E-state index is 11.8. The molecule has 0 radical (unpaired) electrons. The van der Waals surface area contributed by atoms with Gasteiger partial charge in [0.15, 0.2) is 5.78 Å². The van der Waals surface area contributed by atoms with Crippen LogP contribution < -0.4 is 0 Å². The van der Waals surface area contributed by atoms with Crippen LogP contribution in [0.1, 0.15) is 19.7 Å². The lowest BCUT2D eigenvalue weighted by Crippen LogP contribution is -2.30. The number of nitrogens with zero attached hydrogens (tertiary/aromatic N) is 3. The summed E-state index contributed by atoms with van der Waals surface area (Å²) >= 11 is 0. The van der Waals surface area contributed by atoms with Crippen LogP contribution in [0.5, 0.6) is 0 Å². The summed E-state index contributed by atoms with van der Waals surface area (Å²) in [7, 11) is 3.33. The summed E-state index contributed by atoms with van der Waals surface area (Å²) in [6.45, 7) is 3.92. The monoisotopic (exact) mass is 211 g/mol. The predicted octanol–water partition coefficient (Wildman–Crippen LogP) is 0.598. The Morgan fingerprint density at radius 2 is 2.27 bits per heavy atom. The summed E-state index contributed by atoms with van der Waals surface area (Å²) in [6.07, 6.45) is 1.36. The highest BCUT2D eigenvalue weighted by molar-refractivity contribution is 5.84. The Labute approximate surface area is 89.5 Å². The molecule has 1 rings (SSSR count). The molecule has 0 saturated heterocycles. The van der Waals surface area contributed by atoms with Gasteiger partial charge in [0, 0.05) is 14.2 Å². The standard InChI is InChI=1S/C10H17N3O2/c1-7(2)10(15-4)8(14)5-9-11-6-12-13(9)3/h6-7,10H,5H2,1-4H3. The Morgan fingerprint density at radius 3 is 2.67 bits per heavy atom. The van der Waals surface area contributed by atoms with Gasteiger partial charge in [-0.05, 0) is 5.92 Å². The number of methoxy groups -OCH3 is 1. The van der Waals surface area contributed by atoms with Gasteiger partial charge < -0.3 is 4.74 Å². The van der Waals surface area contributed by atoms with Crippen LogP contribution in [0.4, 0.5) is 0 Å². The summed E-state index contributed by atoms with van der Waals surface area (Å²) < 4.78 is 6.76. The number of carbonyl (C=O) groups excluding carboxylic acids is 1. The summed E-state index contributed by atoms with van der Waals surface area (Å²) in [5.74, 6) is 0.891. The molecule has 0 saturated carbocycles. The van der Waals surface area contributed by atoms with Crippen LogP contribution in [-0.4, -0.2) is 33.8 Å². The minimum atomic E-state index is -0.360. The van der Waals surface area contributed by atoms with Gasteiger partial charge in [-0.15, -0.1) is 0 Å². The number of ether oxygens (including phenoxy) is 1. The number of aryl methyl sites for hydroxylation is 1. The van der Waals surface area contributed by atoms with E-state index in [1.54, 1.807) is 18.8 Å². The Hall–Kier alpha value is -1.23. The molecule has 5 nitrogen and oxygen atoms in total. The molecule has 0 aliphatic rings. The van der Waals surface area contributed by atoms with E-state index in [-0.39, 0.29) is 24.2 Å². The zero-order valence-electron chi connectivity index (χ0n) is 9.60. The topological polar surface area (TPSA) is 57.0 Å². The largest absolute Gasteiger partial charge is 0.373 e. The van der Waals surface area contributed by atoms with Gasteiger partial charge in [0.2, 0.25) is 0 Å². The number of hydrogen-bond donors (Lipinski definition) is 0. The number of rotatable bonds is 5. The van der Waals surface area contributed by atoms with Crippen LogP contribution in [-0.2, 0) is 23.0 Å². The first-order chi connectivity index (χ1) is 7.06. The molecule has 0 fully saturated rings. The molecular formula is C10H17N3O2. The molecule has 0 aromatic carbocycles. The second kappa shape index (κ2) is 5.02. The Balaban J connectivity index is 2.66. The first-order valence-electron chi connectivity index (χ1n) is 4.94. The fourth-order valence-corrected chi connectivity index (χ4v) is 1.51. The maximum atomic E-state index is 11.8. The molecule has 15 heavy (non-hydrogen) atoms. The highest BCUT2D eigenvalue weighted by Gasteiger charge is 2.22. The van der Waals surface area contributed by atoms with Crippen molar-refractivity contribution in [1.82, 2.24) is 14.8 Å². The smallest absolute Gasteiger partial charge is 0.169 e. The first-order valence-corrected chi connectivity index (χ1v) is 4.94. The van der Waals surface area contributed by atoms with Gasteiger partial charge in [-0.2, -0.15) is 5.10 Å². The van der Waals surface area contributed by atoms with Crippen molar-refractivity contribution in [2.45, 2.75) is 26.4 Å². The number of ketones is 1. The van der Waals surface area contributed by atoms with Gasteiger partial charge in [-0.25, -0.2) is 4.98 Å². The second-order valence-electron chi connectivity index (χ2n) is 3.84. The molecule has 0 bridgehead atoms. The van der Waals surface area contributed by atoms with Crippen molar-refractivity contribution < 1.29 is 9.53 Å². The highest BCUT2D eigenvalue weighted by Crippen LogP contribution is 2.09. The first kappa shape index (κ1) is 11.8. The van der Waals surface area contributed by atoms with Gasteiger partial charge in [0.1, 0.15) is 18.3 Å². The molecule has 1 aromatic heterocycles. The van der Waals surface area contributed by atoms with Crippen LogP contribution in [0.3, 0.4) is 0 Å². The molecular weight excluding hydrogens is 194 g/mol. The van der Waals surface area contributed by atoms with Crippen molar-refractivity contribution in [1.29, 1.82) is 0 Å². The third-order valence-corrected chi connectivity index (χ3v) is 2.31. The molecule has 5 heteroatoms. The van der Waals surface area contributed by atoms with Crippen molar-refractivity contribution in [3.8, 4) is 0 Å². The van der Waals surface area contributed by atoms with Crippen LogP contribution in [0, 0.1) is 5.92 Å². The fraction of sp³-hybridized carbons (Fsp3) is 0.700. The van der Waals surface area contributed by atoms with Crippen molar-refractivity contribution in [3.05, 3.63) is 12.2 Å². The van der Waals surface area contributed by atoms with E-state index >= 15 is 0 Å². The van der Waals surface area contributed by atoms with Crippen LogP contribution in [0.2, 0.25) is 0 Å². The van der Waals surface area contributed by atoms with Crippen molar-refractivity contribution in [3.63, 3.8) is 0 Å². The second-order valence-corrected chi connectivity index (χ2v) is 3.84. The summed E-state index contributed by atoms with van der Waals surface area (Å²) in [6, 6.07) is 0. The van der Waals surface area contributed by atoms with Crippen molar-refractivity contribution in [2.75, 3.05) is 7.11 Å². The fourth-order valence-electron chi connectivity index (χ4n) is 1.51. The predicted molar refractivity (Wildman–Crippen MR) is 55.3 cm³/mol. The van der Waals surface area contributed by atoms with Gasteiger partial charge in [-0.1, -0.05) is 13.8 Å². The van der Waals surface area contributed by atoms with Crippen molar-refractivity contribution in [2.24, 2.45) is 13.0 Å². The molecule has 0 N–H and O–H groups in total. The molecule has 0 aliphatic heterocycles. The van der Waals surface area contributed by atoms with E-state index in [0.717, 1.165) is 0 Å². The molecule has 1 heterocycles. The van der Waals surface area contributed by atoms with Crippen LogP contribution in [0.25, 0.3) is 0 Å². The molecule has 0 amide bonds. The van der Waals surface area contributed by atoms with E-state index < -0.39 is 0 Å². The number of carbonyl (C=O) groups is 1. The lowest BCUT2D eigenvalue weighted by molar-refractivity contribution is -0.130. The zero-order valence-corrected chi connectivity index (χ0v) is 9.60. The Morgan fingerprint density at radius 1 is 1.60 bits per heavy atom. The Bertz CT molecular complexity index is 333. The van der Waals surface area contributed by atoms with E-state index in [0.29, 0.717) is 5.82 Å². The molecule has 84 valence electrons. The lowest BCUT2D eigenvalue weighted by Gasteiger charge is -2.17. The minimum Gasteiger partial charge on any atom is -0.373 e. The van der Waals surface area contributed by atoms with Gasteiger partial charge in [0.25, 0.3) is 0 Å². The zero-order chi connectivity index (χ0) is 11.4. The molecule has 0 spiro atoms. The van der Waals surface area contributed by atoms with E-state index in [2.05, 4.69) is 10.1 Å². The molecule has 1 unspecified atom stereocenters. The molecule has 1 atom stereocenters. The van der Waals surface area contributed by atoms with Gasteiger partial charge in [0.05, 0.1) is 6.42 Å². The normalized spacial score (nSPS) is 13.1. The number of hydrogen-bond acceptors (Lipinski definition) is 4. The number of Topliss-reactive ketones (excluding diaryl/α,β-unsaturated/α-hetero) is 1. The molecule has 1 aromatic rings. The quantitative estimate of drug-likeness (QED) is 0.715. The van der Waals surface area contributed by atoms with E-state index in [4.69, 9.17) is 4.74 Å². The summed E-state index contributed by atoms with van der Waals surface area (Å²) in [5, 5.41) is 3.91. The highest BCUT2D eigenvalue weighted by atomic mass is 16.5. The average molecular weight is 211 g/mol. The Kier molecular flexibility index (Phi) is 3.96. The minimum absolute atomic E-state index is 0.0450. The van der Waals surface area contributed by atoms with Crippen molar-refractivity contribution >= 4 is 5.78 Å². The van der Waals surface area contributed by atoms with E-state index in [1.807, 2.05) is 13.8 Å². The SMILES string of the molecule is COC(C(=O)Cc1ncnn1C)C(C)C. The maximum Gasteiger partial charge on any atom is 0.169 e. The third-order valence-electron chi connectivity index (χ3n) is 2.31. The van der Waals surface area contributed by atoms with Gasteiger partial charge in [-0.3, -0.25) is 9.48 Å². The lowest BCUT2D eigenvalue weighted by atomic mass is 10.0. The molecule has 0 aliphatic carbocycles. The van der Waals surface area contributed by atoms with Crippen LogP contribution >= 0.6 is 0 Å². The van der Waals surface area contributed by atoms with Crippen LogP contribution in [0.15, 0.2) is 6.33 Å². The third kappa shape index (κ3) is 2.86. The average Bonchev–Trinajstić information content (AvgIpc) is 2.52. The van der Waals surface area contributed by atoms with Gasteiger partial charge >= 0.3 is 0 Å². The van der Waals surface area contributed by atoms with E-state index in [1.165, 1.54) is 6.33 Å². The summed E-state index contributed by atoms with van der Waals surface area (Å²) in [5.41, 5.74) is 0. The van der Waals surface area contributed by atoms with E-state index in [9.17, 15) is 4.79 Å². The summed E-state index contributed by atoms with van der Waals surface area (Å²) in [4.78, 5) is 15.8.